The molecule has 0 atom stereocenters. The number of nitrogens with one attached hydrogen (secondary N) is 2. The van der Waals surface area contributed by atoms with Crippen molar-refractivity contribution in [3.05, 3.63) is 78.6 Å². The van der Waals surface area contributed by atoms with E-state index in [1.54, 1.807) is 78.5 Å². The van der Waals surface area contributed by atoms with E-state index in [2.05, 4.69) is 15.6 Å². The molecule has 0 aliphatic heterocycles. The van der Waals surface area contributed by atoms with Crippen molar-refractivity contribution in [2.45, 2.75) is 12.8 Å². The largest absolute Gasteiger partial charge is 0.497 e. The first-order valence-corrected chi connectivity index (χ1v) is 10.6. The lowest BCUT2D eigenvalue weighted by molar-refractivity contribution is -0.117. The molecule has 8 heteroatoms. The number of rotatable bonds is 7. The summed E-state index contributed by atoms with van der Waals surface area (Å²) in [5, 5.41) is 5.72. The van der Waals surface area contributed by atoms with Crippen molar-refractivity contribution in [2.75, 3.05) is 17.7 Å². The maximum Gasteiger partial charge on any atom is 0.255 e. The minimum Gasteiger partial charge on any atom is -0.497 e. The standard InChI is InChI=1S/C25H22N4O4/c1-32-19-6-2-4-17(12-19)25(31)26-18-5-3-7-20(13-18)33-21-10-11-23-27-22(15-29(23)14-21)28-24(30)16-8-9-16/h2-7,10-16H,8-9H2,1H3,(H,26,31)(H,28,30). The molecule has 0 spiro atoms. The number of methoxy groups -OCH3 is 1. The third kappa shape index (κ3) is 4.79. The number of hydrogen-bond acceptors (Lipinski definition) is 5. The molecular weight excluding hydrogens is 420 g/mol. The van der Waals surface area contributed by atoms with Crippen molar-refractivity contribution < 1.29 is 19.1 Å². The van der Waals surface area contributed by atoms with Crippen molar-refractivity contribution >= 4 is 29.0 Å². The molecule has 4 aromatic rings. The topological polar surface area (TPSA) is 94.0 Å². The number of imidazole rings is 1. The van der Waals surface area contributed by atoms with Crippen LogP contribution in [-0.2, 0) is 4.79 Å². The minimum atomic E-state index is -0.244. The highest BCUT2D eigenvalue weighted by atomic mass is 16.5. The number of hydrogen-bond donors (Lipinski definition) is 2. The molecule has 33 heavy (non-hydrogen) atoms. The summed E-state index contributed by atoms with van der Waals surface area (Å²) in [5.74, 6) is 2.19. The average Bonchev–Trinajstić information content (AvgIpc) is 3.60. The molecule has 1 aliphatic rings. The van der Waals surface area contributed by atoms with E-state index in [-0.39, 0.29) is 17.7 Å². The number of nitrogens with zero attached hydrogens (tertiary/aromatic N) is 2. The second-order valence-electron chi connectivity index (χ2n) is 7.84. The van der Waals surface area contributed by atoms with Crippen LogP contribution >= 0.6 is 0 Å². The second kappa shape index (κ2) is 8.66. The van der Waals surface area contributed by atoms with Gasteiger partial charge in [0.05, 0.1) is 19.5 Å². The number of carbonyl (C=O) groups is 2. The summed E-state index contributed by atoms with van der Waals surface area (Å²) in [4.78, 5) is 29.0. The molecule has 166 valence electrons. The van der Waals surface area contributed by atoms with Gasteiger partial charge in [-0.2, -0.15) is 0 Å². The van der Waals surface area contributed by atoms with Crippen LogP contribution in [0.3, 0.4) is 0 Å². The molecule has 8 nitrogen and oxygen atoms in total. The first-order valence-electron chi connectivity index (χ1n) is 10.6. The number of fused-ring (bicyclic) bond motifs is 1. The van der Waals surface area contributed by atoms with Gasteiger partial charge < -0.3 is 24.5 Å². The van der Waals surface area contributed by atoms with Gasteiger partial charge in [-0.3, -0.25) is 9.59 Å². The maximum atomic E-state index is 12.6. The molecule has 2 aromatic heterocycles. The van der Waals surface area contributed by atoms with Gasteiger partial charge in [0.2, 0.25) is 5.91 Å². The molecule has 1 fully saturated rings. The molecule has 0 saturated heterocycles. The predicted molar refractivity (Wildman–Crippen MR) is 124 cm³/mol. The van der Waals surface area contributed by atoms with Gasteiger partial charge in [0, 0.05) is 23.2 Å². The third-order valence-electron chi connectivity index (χ3n) is 5.28. The van der Waals surface area contributed by atoms with Crippen molar-refractivity contribution in [1.82, 2.24) is 9.38 Å². The van der Waals surface area contributed by atoms with E-state index in [1.165, 1.54) is 0 Å². The molecule has 2 aromatic carbocycles. The van der Waals surface area contributed by atoms with Gasteiger partial charge in [0.25, 0.3) is 5.91 Å². The fourth-order valence-corrected chi connectivity index (χ4v) is 3.41. The van der Waals surface area contributed by atoms with Crippen LogP contribution in [0.5, 0.6) is 17.2 Å². The summed E-state index contributed by atoms with van der Waals surface area (Å²) >= 11 is 0. The highest BCUT2D eigenvalue weighted by molar-refractivity contribution is 6.04. The predicted octanol–water partition coefficient (Wildman–Crippen LogP) is 4.74. The van der Waals surface area contributed by atoms with E-state index < -0.39 is 0 Å². The Morgan fingerprint density at radius 1 is 0.939 bits per heavy atom. The molecule has 0 radical (unpaired) electrons. The van der Waals surface area contributed by atoms with Crippen molar-refractivity contribution in [1.29, 1.82) is 0 Å². The number of benzene rings is 2. The zero-order chi connectivity index (χ0) is 22.8. The number of amides is 2. The Balaban J connectivity index is 1.28. The van der Waals surface area contributed by atoms with Crippen LogP contribution in [0.2, 0.25) is 0 Å². The highest BCUT2D eigenvalue weighted by Gasteiger charge is 2.30. The number of carbonyl (C=O) groups excluding carboxylic acids is 2. The van der Waals surface area contributed by atoms with Crippen LogP contribution in [0.1, 0.15) is 23.2 Å². The zero-order valence-electron chi connectivity index (χ0n) is 17.9. The second-order valence-corrected chi connectivity index (χ2v) is 7.84. The SMILES string of the molecule is COc1cccc(C(=O)Nc2cccc(Oc3ccc4nc(NC(=O)C5CC5)cn4c3)c2)c1. The van der Waals surface area contributed by atoms with Gasteiger partial charge in [-0.25, -0.2) is 4.98 Å². The smallest absolute Gasteiger partial charge is 0.255 e. The Labute approximate surface area is 190 Å². The third-order valence-corrected chi connectivity index (χ3v) is 5.28. The van der Waals surface area contributed by atoms with Crippen LogP contribution in [0.4, 0.5) is 11.5 Å². The molecule has 2 heterocycles. The monoisotopic (exact) mass is 442 g/mol. The Bertz CT molecular complexity index is 1340. The lowest BCUT2D eigenvalue weighted by Crippen LogP contribution is -2.13. The molecule has 1 saturated carbocycles. The Morgan fingerprint density at radius 2 is 1.76 bits per heavy atom. The van der Waals surface area contributed by atoms with Gasteiger partial charge in [-0.15, -0.1) is 0 Å². The van der Waals surface area contributed by atoms with Crippen molar-refractivity contribution in [3.8, 4) is 17.2 Å². The molecule has 2 amide bonds. The molecule has 5 rings (SSSR count). The summed E-state index contributed by atoms with van der Waals surface area (Å²) in [5.41, 5.74) is 1.80. The van der Waals surface area contributed by atoms with Crippen LogP contribution in [0.15, 0.2) is 73.1 Å². The molecule has 0 unspecified atom stereocenters. The maximum absolute atomic E-state index is 12.6. The van der Waals surface area contributed by atoms with Gasteiger partial charge in [-0.05, 0) is 55.3 Å². The van der Waals surface area contributed by atoms with Crippen LogP contribution in [-0.4, -0.2) is 28.3 Å². The Hall–Kier alpha value is -4.33. The fourth-order valence-electron chi connectivity index (χ4n) is 3.41. The van der Waals surface area contributed by atoms with Crippen LogP contribution < -0.4 is 20.1 Å². The van der Waals surface area contributed by atoms with E-state index in [0.29, 0.717) is 40.0 Å². The van der Waals surface area contributed by atoms with E-state index in [4.69, 9.17) is 9.47 Å². The van der Waals surface area contributed by atoms with Crippen molar-refractivity contribution in [3.63, 3.8) is 0 Å². The van der Waals surface area contributed by atoms with E-state index >= 15 is 0 Å². The summed E-state index contributed by atoms with van der Waals surface area (Å²) < 4.78 is 13.0. The summed E-state index contributed by atoms with van der Waals surface area (Å²) in [6.45, 7) is 0. The van der Waals surface area contributed by atoms with Gasteiger partial charge >= 0.3 is 0 Å². The van der Waals surface area contributed by atoms with Crippen LogP contribution in [0.25, 0.3) is 5.65 Å². The summed E-state index contributed by atoms with van der Waals surface area (Å²) in [6, 6.07) is 17.7. The van der Waals surface area contributed by atoms with Gasteiger partial charge in [0.15, 0.2) is 5.82 Å². The summed E-state index contributed by atoms with van der Waals surface area (Å²) in [6.07, 6.45) is 5.43. The summed E-state index contributed by atoms with van der Waals surface area (Å²) in [7, 11) is 1.56. The van der Waals surface area contributed by atoms with Crippen molar-refractivity contribution in [2.24, 2.45) is 5.92 Å². The fraction of sp³-hybridized carbons (Fsp3) is 0.160. The lowest BCUT2D eigenvalue weighted by Gasteiger charge is -2.10. The van der Waals surface area contributed by atoms with E-state index in [9.17, 15) is 9.59 Å². The highest BCUT2D eigenvalue weighted by Crippen LogP contribution is 2.30. The number of aromatic nitrogens is 2. The Morgan fingerprint density at radius 3 is 2.58 bits per heavy atom. The average molecular weight is 442 g/mol. The molecule has 1 aliphatic carbocycles. The molecule has 0 bridgehead atoms. The van der Waals surface area contributed by atoms with E-state index in [1.807, 2.05) is 6.07 Å². The zero-order valence-corrected chi connectivity index (χ0v) is 17.9. The minimum absolute atomic E-state index is 0.0164. The van der Waals surface area contributed by atoms with E-state index in [0.717, 1.165) is 12.8 Å². The molecule has 2 N–H and O–H groups in total. The van der Waals surface area contributed by atoms with Gasteiger partial charge in [-0.1, -0.05) is 12.1 Å². The first kappa shape index (κ1) is 20.6. The van der Waals surface area contributed by atoms with Crippen LogP contribution in [0, 0.1) is 5.92 Å². The number of ether oxygens (including phenoxy) is 2. The Kier molecular flexibility index (Phi) is 5.40. The normalized spacial score (nSPS) is 12.9. The number of pyridine rings is 1. The molecular formula is C25H22N4O4. The lowest BCUT2D eigenvalue weighted by atomic mass is 10.2. The first-order chi connectivity index (χ1) is 16.1. The number of anilines is 2. The van der Waals surface area contributed by atoms with Gasteiger partial charge in [0.1, 0.15) is 22.9 Å². The quantitative estimate of drug-likeness (QED) is 0.431.